The fourth-order valence-corrected chi connectivity index (χ4v) is 2.76. The smallest absolute Gasteiger partial charge is 0.234 e. The van der Waals surface area contributed by atoms with Gasteiger partial charge in [0, 0.05) is 23.0 Å². The third-order valence-electron chi connectivity index (χ3n) is 2.96. The Kier molecular flexibility index (Phi) is 5.03. The van der Waals surface area contributed by atoms with Crippen LogP contribution in [0, 0.1) is 0 Å². The summed E-state index contributed by atoms with van der Waals surface area (Å²) >= 11 is 1.50. The van der Waals surface area contributed by atoms with Crippen molar-refractivity contribution in [1.29, 1.82) is 0 Å². The predicted octanol–water partition coefficient (Wildman–Crippen LogP) is 2.19. The molecule has 1 aliphatic rings. The van der Waals surface area contributed by atoms with E-state index < -0.39 is 0 Å². The van der Waals surface area contributed by atoms with Crippen LogP contribution in [0.15, 0.2) is 23.1 Å². The molecule has 1 aromatic carbocycles. The fourth-order valence-electron chi connectivity index (χ4n) is 1.97. The normalized spacial score (nSPS) is 15.2. The molecule has 1 heterocycles. The Bertz CT molecular complexity index is 517. The number of thioether (sulfide) groups is 1. The second-order valence-corrected chi connectivity index (χ2v) is 5.98. The molecule has 1 aromatic rings. The van der Waals surface area contributed by atoms with Gasteiger partial charge in [-0.05, 0) is 38.0 Å². The molecule has 4 N–H and O–H groups in total. The number of carbonyl (C=O) groups excluding carboxylic acids is 2. The molecule has 108 valence electrons. The first-order chi connectivity index (χ1) is 9.54. The minimum atomic E-state index is -0.0274. The van der Waals surface area contributed by atoms with Crippen LogP contribution in [-0.4, -0.2) is 23.6 Å². The van der Waals surface area contributed by atoms with Gasteiger partial charge in [0.2, 0.25) is 11.8 Å². The summed E-state index contributed by atoms with van der Waals surface area (Å²) < 4.78 is 0. The van der Waals surface area contributed by atoms with Crippen molar-refractivity contribution in [2.45, 2.75) is 37.1 Å². The van der Waals surface area contributed by atoms with Gasteiger partial charge >= 0.3 is 0 Å². The van der Waals surface area contributed by atoms with Crippen LogP contribution in [0.3, 0.4) is 0 Å². The Labute approximate surface area is 122 Å². The summed E-state index contributed by atoms with van der Waals surface area (Å²) in [6, 6.07) is 5.69. The number of nitrogens with two attached hydrogens (primary N) is 1. The average molecular weight is 293 g/mol. The van der Waals surface area contributed by atoms with Crippen molar-refractivity contribution < 1.29 is 9.59 Å². The van der Waals surface area contributed by atoms with E-state index in [1.165, 1.54) is 11.8 Å². The monoisotopic (exact) mass is 293 g/mol. The molecule has 1 unspecified atom stereocenters. The van der Waals surface area contributed by atoms with Crippen molar-refractivity contribution >= 4 is 35.0 Å². The van der Waals surface area contributed by atoms with Crippen LogP contribution >= 0.6 is 11.8 Å². The lowest BCUT2D eigenvalue weighted by Crippen LogP contribution is -2.19. The van der Waals surface area contributed by atoms with Gasteiger partial charge in [0.1, 0.15) is 0 Å². The molecule has 0 spiro atoms. The van der Waals surface area contributed by atoms with Gasteiger partial charge < -0.3 is 16.4 Å². The van der Waals surface area contributed by atoms with Crippen LogP contribution in [0.2, 0.25) is 0 Å². The van der Waals surface area contributed by atoms with Gasteiger partial charge in [0.25, 0.3) is 0 Å². The van der Waals surface area contributed by atoms with E-state index in [-0.39, 0.29) is 17.9 Å². The van der Waals surface area contributed by atoms with Crippen LogP contribution < -0.4 is 16.4 Å². The SMILES string of the molecule is CC(N)CCCC(=O)Nc1ccc2c(c1)NC(=O)CS2. The standard InChI is InChI=1S/C14H19N3O2S/c1-9(15)3-2-4-13(18)16-10-5-6-12-11(7-10)17-14(19)8-20-12/h5-7,9H,2-4,8,15H2,1H3,(H,16,18)(H,17,19). The highest BCUT2D eigenvalue weighted by Crippen LogP contribution is 2.33. The molecular weight excluding hydrogens is 274 g/mol. The molecule has 6 heteroatoms. The second-order valence-electron chi connectivity index (χ2n) is 4.97. The lowest BCUT2D eigenvalue weighted by molar-refractivity contribution is -0.116. The largest absolute Gasteiger partial charge is 0.328 e. The van der Waals surface area contributed by atoms with Gasteiger partial charge in [-0.15, -0.1) is 11.8 Å². The van der Waals surface area contributed by atoms with Crippen LogP contribution in [0.1, 0.15) is 26.2 Å². The highest BCUT2D eigenvalue weighted by atomic mass is 32.2. The topological polar surface area (TPSA) is 84.2 Å². The maximum Gasteiger partial charge on any atom is 0.234 e. The van der Waals surface area contributed by atoms with Crippen LogP contribution in [-0.2, 0) is 9.59 Å². The number of hydrogen-bond acceptors (Lipinski definition) is 4. The summed E-state index contributed by atoms with van der Waals surface area (Å²) in [5.74, 6) is 0.402. The molecule has 0 aliphatic carbocycles. The van der Waals surface area contributed by atoms with Gasteiger partial charge in [-0.25, -0.2) is 0 Å². The first-order valence-corrected chi connectivity index (χ1v) is 7.65. The second kappa shape index (κ2) is 6.76. The molecule has 0 bridgehead atoms. The summed E-state index contributed by atoms with van der Waals surface area (Å²) in [5.41, 5.74) is 7.12. The van der Waals surface area contributed by atoms with Crippen LogP contribution in [0.4, 0.5) is 11.4 Å². The van der Waals surface area contributed by atoms with Crippen molar-refractivity contribution in [3.05, 3.63) is 18.2 Å². The molecule has 1 atom stereocenters. The lowest BCUT2D eigenvalue weighted by Gasteiger charge is -2.17. The molecule has 0 saturated heterocycles. The minimum Gasteiger partial charge on any atom is -0.328 e. The Morgan fingerprint density at radius 1 is 1.55 bits per heavy atom. The average Bonchev–Trinajstić information content (AvgIpc) is 2.37. The Morgan fingerprint density at radius 3 is 3.10 bits per heavy atom. The molecule has 2 rings (SSSR count). The van der Waals surface area contributed by atoms with Crippen molar-refractivity contribution in [2.24, 2.45) is 5.73 Å². The van der Waals surface area contributed by atoms with Crippen molar-refractivity contribution in [1.82, 2.24) is 0 Å². The van der Waals surface area contributed by atoms with Gasteiger partial charge in [0.05, 0.1) is 11.4 Å². The van der Waals surface area contributed by atoms with Crippen molar-refractivity contribution in [2.75, 3.05) is 16.4 Å². The summed E-state index contributed by atoms with van der Waals surface area (Å²) in [4.78, 5) is 24.1. The third-order valence-corrected chi connectivity index (χ3v) is 4.03. The zero-order valence-electron chi connectivity index (χ0n) is 11.4. The first-order valence-electron chi connectivity index (χ1n) is 6.67. The summed E-state index contributed by atoms with van der Waals surface area (Å²) in [5, 5.41) is 5.64. The third kappa shape index (κ3) is 4.25. The van der Waals surface area contributed by atoms with Crippen molar-refractivity contribution in [3.8, 4) is 0 Å². The van der Waals surface area contributed by atoms with E-state index in [4.69, 9.17) is 5.73 Å². The number of amides is 2. The predicted molar refractivity (Wildman–Crippen MR) is 81.9 cm³/mol. The maximum atomic E-state index is 11.8. The molecule has 5 nitrogen and oxygen atoms in total. The molecule has 1 aliphatic heterocycles. The zero-order chi connectivity index (χ0) is 14.5. The molecule has 20 heavy (non-hydrogen) atoms. The summed E-state index contributed by atoms with van der Waals surface area (Å²) in [7, 11) is 0. The van der Waals surface area contributed by atoms with E-state index in [2.05, 4.69) is 10.6 Å². The molecule has 0 radical (unpaired) electrons. The van der Waals surface area contributed by atoms with E-state index in [0.717, 1.165) is 23.4 Å². The fraction of sp³-hybridized carbons (Fsp3) is 0.429. The van der Waals surface area contributed by atoms with E-state index in [9.17, 15) is 9.59 Å². The van der Waals surface area contributed by atoms with Crippen molar-refractivity contribution in [3.63, 3.8) is 0 Å². The van der Waals surface area contributed by atoms with Crippen LogP contribution in [0.25, 0.3) is 0 Å². The number of rotatable bonds is 5. The van der Waals surface area contributed by atoms with E-state index in [0.29, 0.717) is 17.9 Å². The number of carbonyl (C=O) groups is 2. The number of hydrogen-bond donors (Lipinski definition) is 3. The van der Waals surface area contributed by atoms with Gasteiger partial charge in [-0.1, -0.05) is 0 Å². The molecule has 0 fully saturated rings. The zero-order valence-corrected chi connectivity index (χ0v) is 12.3. The van der Waals surface area contributed by atoms with Gasteiger partial charge in [0.15, 0.2) is 0 Å². The van der Waals surface area contributed by atoms with Gasteiger partial charge in [-0.3, -0.25) is 9.59 Å². The Balaban J connectivity index is 1.91. The van der Waals surface area contributed by atoms with E-state index >= 15 is 0 Å². The van der Waals surface area contributed by atoms with E-state index in [1.807, 2.05) is 19.1 Å². The Morgan fingerprint density at radius 2 is 2.35 bits per heavy atom. The maximum absolute atomic E-state index is 11.8. The minimum absolute atomic E-state index is 0.0112. The number of nitrogens with one attached hydrogen (secondary N) is 2. The number of anilines is 2. The quantitative estimate of drug-likeness (QED) is 0.777. The van der Waals surface area contributed by atoms with E-state index in [1.54, 1.807) is 6.07 Å². The number of fused-ring (bicyclic) bond motifs is 1. The Hall–Kier alpha value is -1.53. The molecule has 0 aromatic heterocycles. The van der Waals surface area contributed by atoms with Gasteiger partial charge in [-0.2, -0.15) is 0 Å². The highest BCUT2D eigenvalue weighted by molar-refractivity contribution is 8.00. The lowest BCUT2D eigenvalue weighted by atomic mass is 10.1. The number of benzene rings is 1. The van der Waals surface area contributed by atoms with Crippen LogP contribution in [0.5, 0.6) is 0 Å². The molecule has 0 saturated carbocycles. The summed E-state index contributed by atoms with van der Waals surface area (Å²) in [6.07, 6.45) is 2.07. The first kappa shape index (κ1) is 14.9. The highest BCUT2D eigenvalue weighted by Gasteiger charge is 2.15. The molecule has 2 amide bonds. The molecular formula is C14H19N3O2S. The summed E-state index contributed by atoms with van der Waals surface area (Å²) in [6.45, 7) is 1.93.